The molecule has 0 amide bonds. The van der Waals surface area contributed by atoms with Crippen molar-refractivity contribution in [1.82, 2.24) is 0 Å². The van der Waals surface area contributed by atoms with Gasteiger partial charge in [0.05, 0.1) is 11.4 Å². The van der Waals surface area contributed by atoms with Gasteiger partial charge in [-0.25, -0.2) is 0 Å². The highest BCUT2D eigenvalue weighted by Crippen LogP contribution is 2.55. The maximum absolute atomic E-state index is 6.72. The fourth-order valence-electron chi connectivity index (χ4n) is 10.2. The minimum absolute atomic E-state index is 0.219. The lowest BCUT2D eigenvalue weighted by Crippen LogP contribution is -2.21. The number of anilines is 3. The molecule has 0 aliphatic heterocycles. The van der Waals surface area contributed by atoms with Crippen LogP contribution in [0.1, 0.15) is 25.0 Å². The second-order valence-corrected chi connectivity index (χ2v) is 16.4. The maximum atomic E-state index is 6.72. The lowest BCUT2D eigenvalue weighted by molar-refractivity contribution is 0.661. The summed E-state index contributed by atoms with van der Waals surface area (Å²) in [5.41, 5.74) is 15.0. The zero-order valence-corrected chi connectivity index (χ0v) is 32.9. The van der Waals surface area contributed by atoms with E-state index in [-0.39, 0.29) is 5.41 Å². The molecule has 0 bridgehead atoms. The van der Waals surface area contributed by atoms with Gasteiger partial charge in [-0.05, 0) is 102 Å². The van der Waals surface area contributed by atoms with Crippen LogP contribution in [0.25, 0.3) is 87.6 Å². The number of hydrogen-bond donors (Lipinski definition) is 0. The molecule has 0 saturated carbocycles. The number of hydrogen-bond acceptors (Lipinski definition) is 2. The Morgan fingerprint density at radius 2 is 0.983 bits per heavy atom. The third-order valence-corrected chi connectivity index (χ3v) is 12.8. The normalized spacial score (nSPS) is 13.1. The Bertz CT molecular complexity index is 3480. The molecule has 59 heavy (non-hydrogen) atoms. The monoisotopic (exact) mass is 753 g/mol. The van der Waals surface area contributed by atoms with Crippen LogP contribution in [0.4, 0.5) is 17.1 Å². The molecule has 0 N–H and O–H groups in total. The highest BCUT2D eigenvalue weighted by atomic mass is 16.3. The molecule has 2 nitrogen and oxygen atoms in total. The van der Waals surface area contributed by atoms with E-state index in [1.54, 1.807) is 0 Å². The zero-order valence-electron chi connectivity index (χ0n) is 32.9. The molecule has 0 radical (unpaired) electrons. The van der Waals surface area contributed by atoms with Crippen LogP contribution >= 0.6 is 0 Å². The molecule has 12 rings (SSSR count). The molecular weight excluding hydrogens is 715 g/mol. The number of rotatable bonds is 5. The molecule has 0 fully saturated rings. The highest BCUT2D eigenvalue weighted by Gasteiger charge is 2.39. The number of para-hydroxylation sites is 1. The lowest BCUT2D eigenvalue weighted by Gasteiger charge is -2.33. The van der Waals surface area contributed by atoms with E-state index in [2.05, 4.69) is 219 Å². The summed E-state index contributed by atoms with van der Waals surface area (Å²) in [7, 11) is 0. The molecular formula is C57H39NO. The Kier molecular flexibility index (Phi) is 7.31. The number of furan rings is 1. The average molecular weight is 754 g/mol. The predicted octanol–water partition coefficient (Wildman–Crippen LogP) is 16.2. The molecule has 0 saturated heterocycles. The third-order valence-electron chi connectivity index (χ3n) is 12.8. The third kappa shape index (κ3) is 5.00. The van der Waals surface area contributed by atoms with Crippen molar-refractivity contribution in [2.24, 2.45) is 0 Å². The van der Waals surface area contributed by atoms with Gasteiger partial charge in [-0.3, -0.25) is 0 Å². The molecule has 1 aromatic heterocycles. The van der Waals surface area contributed by atoms with E-state index in [4.69, 9.17) is 4.42 Å². The average Bonchev–Trinajstić information content (AvgIpc) is 3.79. The summed E-state index contributed by atoms with van der Waals surface area (Å²) < 4.78 is 6.72. The van der Waals surface area contributed by atoms with Crippen molar-refractivity contribution in [3.8, 4) is 33.4 Å². The number of nitrogens with zero attached hydrogens (tertiary/aromatic N) is 1. The van der Waals surface area contributed by atoms with Crippen LogP contribution in [-0.2, 0) is 5.41 Å². The first-order valence-corrected chi connectivity index (χ1v) is 20.5. The first kappa shape index (κ1) is 33.7. The van der Waals surface area contributed by atoms with E-state index >= 15 is 0 Å². The van der Waals surface area contributed by atoms with E-state index in [0.29, 0.717) is 0 Å². The largest absolute Gasteiger partial charge is 0.455 e. The minimum atomic E-state index is -0.219. The lowest BCUT2D eigenvalue weighted by atomic mass is 9.81. The van der Waals surface area contributed by atoms with Crippen molar-refractivity contribution in [3.05, 3.63) is 211 Å². The Morgan fingerprint density at radius 3 is 1.83 bits per heavy atom. The molecule has 0 spiro atoms. The second-order valence-electron chi connectivity index (χ2n) is 16.4. The van der Waals surface area contributed by atoms with Crippen LogP contribution in [-0.4, -0.2) is 0 Å². The maximum Gasteiger partial charge on any atom is 0.143 e. The standard InChI is InChI=1S/C57H39NO/c1-57(2)50-24-9-7-18-45(50)48-23-12-26-52(55(48)57)58(39-32-28-38(29-33-39)41-20-11-21-43-40-16-5-3-14-36(40)30-34-44(41)43)51-25-10-8-19-46(51)47-22-13-27-53-54(47)49-35-31-37-15-4-6-17-42(37)56(49)59-53/h3-35H,1-2H3. The summed E-state index contributed by atoms with van der Waals surface area (Å²) in [6, 6.07) is 73.2. The van der Waals surface area contributed by atoms with E-state index in [9.17, 15) is 0 Å². The van der Waals surface area contributed by atoms with Crippen LogP contribution in [0.5, 0.6) is 0 Å². The predicted molar refractivity (Wildman–Crippen MR) is 249 cm³/mol. The summed E-state index contributed by atoms with van der Waals surface area (Å²) in [5.74, 6) is 0. The van der Waals surface area contributed by atoms with Crippen LogP contribution in [0.3, 0.4) is 0 Å². The van der Waals surface area contributed by atoms with E-state index in [1.165, 1.54) is 66.0 Å². The minimum Gasteiger partial charge on any atom is -0.455 e. The molecule has 11 aromatic rings. The fourth-order valence-corrected chi connectivity index (χ4v) is 10.2. The Balaban J connectivity index is 1.09. The summed E-state index contributed by atoms with van der Waals surface area (Å²) in [4.78, 5) is 2.50. The molecule has 278 valence electrons. The fraction of sp³-hybridized carbons (Fsp3) is 0.0526. The summed E-state index contributed by atoms with van der Waals surface area (Å²) in [5, 5.41) is 9.63. The van der Waals surface area contributed by atoms with Gasteiger partial charge in [0.25, 0.3) is 0 Å². The van der Waals surface area contributed by atoms with Crippen LogP contribution in [0.15, 0.2) is 205 Å². The van der Waals surface area contributed by atoms with Gasteiger partial charge in [0.2, 0.25) is 0 Å². The van der Waals surface area contributed by atoms with Crippen molar-refractivity contribution >= 4 is 71.3 Å². The zero-order chi connectivity index (χ0) is 39.2. The van der Waals surface area contributed by atoms with Crippen LogP contribution in [0.2, 0.25) is 0 Å². The number of fused-ring (bicyclic) bond motifs is 11. The van der Waals surface area contributed by atoms with E-state index in [0.717, 1.165) is 49.8 Å². The Morgan fingerprint density at radius 1 is 0.390 bits per heavy atom. The first-order valence-electron chi connectivity index (χ1n) is 20.5. The highest BCUT2D eigenvalue weighted by molar-refractivity contribution is 6.20. The van der Waals surface area contributed by atoms with Crippen molar-refractivity contribution < 1.29 is 4.42 Å². The van der Waals surface area contributed by atoms with Crippen molar-refractivity contribution in [2.75, 3.05) is 4.90 Å². The number of benzene rings is 10. The molecule has 0 unspecified atom stereocenters. The van der Waals surface area contributed by atoms with Gasteiger partial charge in [-0.15, -0.1) is 0 Å². The van der Waals surface area contributed by atoms with Crippen LogP contribution < -0.4 is 4.90 Å². The van der Waals surface area contributed by atoms with E-state index < -0.39 is 0 Å². The smallest absolute Gasteiger partial charge is 0.143 e. The van der Waals surface area contributed by atoms with Gasteiger partial charge in [0.1, 0.15) is 11.2 Å². The van der Waals surface area contributed by atoms with Gasteiger partial charge in [0.15, 0.2) is 0 Å². The molecule has 0 atom stereocenters. The molecule has 2 heteroatoms. The van der Waals surface area contributed by atoms with Crippen molar-refractivity contribution in [3.63, 3.8) is 0 Å². The van der Waals surface area contributed by atoms with E-state index in [1.807, 2.05) is 0 Å². The first-order chi connectivity index (χ1) is 29.0. The molecule has 1 heterocycles. The van der Waals surface area contributed by atoms with Gasteiger partial charge in [-0.1, -0.05) is 178 Å². The Labute approximate surface area is 343 Å². The molecule has 10 aromatic carbocycles. The van der Waals surface area contributed by atoms with Gasteiger partial charge >= 0.3 is 0 Å². The summed E-state index contributed by atoms with van der Waals surface area (Å²) in [6.07, 6.45) is 0. The topological polar surface area (TPSA) is 16.4 Å². The van der Waals surface area contributed by atoms with Crippen molar-refractivity contribution in [2.45, 2.75) is 19.3 Å². The summed E-state index contributed by atoms with van der Waals surface area (Å²) in [6.45, 7) is 4.75. The molecule has 1 aliphatic carbocycles. The summed E-state index contributed by atoms with van der Waals surface area (Å²) >= 11 is 0. The van der Waals surface area contributed by atoms with Gasteiger partial charge < -0.3 is 9.32 Å². The van der Waals surface area contributed by atoms with Crippen molar-refractivity contribution in [1.29, 1.82) is 0 Å². The van der Waals surface area contributed by atoms with Gasteiger partial charge in [0, 0.05) is 32.8 Å². The Hall–Kier alpha value is -7.42. The second kappa shape index (κ2) is 12.8. The quantitative estimate of drug-likeness (QED) is 0.163. The molecule has 1 aliphatic rings. The SMILES string of the molecule is CC1(C)c2ccccc2-c2cccc(N(c3ccc(-c4cccc5c4ccc4ccccc45)cc3)c3ccccc3-c3cccc4oc5c6ccccc6ccc5c34)c21. The van der Waals surface area contributed by atoms with Gasteiger partial charge in [-0.2, -0.15) is 0 Å². The van der Waals surface area contributed by atoms with Crippen LogP contribution in [0, 0.1) is 0 Å².